The molecule has 1 saturated carbocycles. The van der Waals surface area contributed by atoms with Gasteiger partial charge in [-0.05, 0) is 36.5 Å². The molecule has 0 aromatic carbocycles. The van der Waals surface area contributed by atoms with E-state index >= 15 is 0 Å². The summed E-state index contributed by atoms with van der Waals surface area (Å²) in [6.45, 7) is 11.1. The van der Waals surface area contributed by atoms with E-state index in [1.54, 1.807) is 0 Å². The fourth-order valence-corrected chi connectivity index (χ4v) is 4.93. The lowest BCUT2D eigenvalue weighted by atomic mass is 9.70. The number of nitrogens with zero attached hydrogens (tertiary/aromatic N) is 1. The Labute approximate surface area is 121 Å². The van der Waals surface area contributed by atoms with E-state index in [2.05, 4.69) is 40.7 Å². The summed E-state index contributed by atoms with van der Waals surface area (Å²) in [5, 5.41) is 9.40. The third kappa shape index (κ3) is 4.60. The highest BCUT2D eigenvalue weighted by molar-refractivity contribution is 7.85. The largest absolute Gasteiger partial charge is 0.259 e. The van der Waals surface area contributed by atoms with E-state index < -0.39 is 10.8 Å². The summed E-state index contributed by atoms with van der Waals surface area (Å²) in [6.07, 6.45) is 4.07. The molecule has 19 heavy (non-hydrogen) atoms. The van der Waals surface area contributed by atoms with Gasteiger partial charge in [0.05, 0.1) is 17.2 Å². The molecule has 1 aliphatic rings. The molecule has 1 aliphatic carbocycles. The molecule has 1 fully saturated rings. The topological polar surface area (TPSA) is 40.9 Å². The molecule has 3 heteroatoms. The van der Waals surface area contributed by atoms with Gasteiger partial charge in [-0.1, -0.05) is 41.0 Å². The molecule has 2 nitrogen and oxygen atoms in total. The van der Waals surface area contributed by atoms with E-state index in [1.807, 2.05) is 0 Å². The molecule has 1 rings (SSSR count). The second-order valence-electron chi connectivity index (χ2n) is 7.21. The fraction of sp³-hybridized carbons (Fsp3) is 0.938. The molecule has 0 saturated heterocycles. The minimum atomic E-state index is -0.844. The predicted octanol–water partition coefficient (Wildman–Crippen LogP) is 4.14. The van der Waals surface area contributed by atoms with E-state index in [0.717, 1.165) is 31.4 Å². The first-order valence-corrected chi connectivity index (χ1v) is 8.94. The summed E-state index contributed by atoms with van der Waals surface area (Å²) < 4.78 is 12.6. The molecular weight excluding hydrogens is 254 g/mol. The Balaban J connectivity index is 2.76. The van der Waals surface area contributed by atoms with Gasteiger partial charge < -0.3 is 0 Å². The first-order valence-electron chi connectivity index (χ1n) is 7.56. The van der Waals surface area contributed by atoms with Gasteiger partial charge in [0.25, 0.3) is 0 Å². The van der Waals surface area contributed by atoms with Crippen molar-refractivity contribution in [3.63, 3.8) is 0 Å². The van der Waals surface area contributed by atoms with Crippen LogP contribution >= 0.6 is 0 Å². The Hall–Kier alpha value is -0.360. The van der Waals surface area contributed by atoms with Crippen LogP contribution in [0.3, 0.4) is 0 Å². The average Bonchev–Trinajstić information content (AvgIpc) is 2.36. The summed E-state index contributed by atoms with van der Waals surface area (Å²) in [4.78, 5) is 0. The van der Waals surface area contributed by atoms with Crippen molar-refractivity contribution in [1.29, 1.82) is 5.26 Å². The van der Waals surface area contributed by atoms with Crippen molar-refractivity contribution in [1.82, 2.24) is 0 Å². The zero-order valence-corrected chi connectivity index (χ0v) is 13.9. The van der Waals surface area contributed by atoms with Crippen molar-refractivity contribution in [3.05, 3.63) is 0 Å². The molecule has 0 bridgehead atoms. The van der Waals surface area contributed by atoms with Gasteiger partial charge in [-0.2, -0.15) is 5.26 Å². The van der Waals surface area contributed by atoms with Crippen LogP contribution in [0, 0.1) is 34.5 Å². The highest BCUT2D eigenvalue weighted by Gasteiger charge is 2.38. The van der Waals surface area contributed by atoms with Crippen molar-refractivity contribution in [2.75, 3.05) is 5.75 Å². The third-order valence-electron chi connectivity index (χ3n) is 4.67. The standard InChI is InChI=1S/C16H29NOS/c1-6-12(2)11-19(18)15-9-14(16(3,4)5)8-7-13(15)10-17/h12-15H,6-9,11H2,1-5H3. The predicted molar refractivity (Wildman–Crippen MR) is 82.2 cm³/mol. The van der Waals surface area contributed by atoms with Crippen LogP contribution in [-0.4, -0.2) is 15.2 Å². The molecule has 0 heterocycles. The van der Waals surface area contributed by atoms with E-state index in [9.17, 15) is 9.47 Å². The quantitative estimate of drug-likeness (QED) is 0.778. The summed E-state index contributed by atoms with van der Waals surface area (Å²) in [6, 6.07) is 2.41. The lowest BCUT2D eigenvalue weighted by molar-refractivity contribution is 0.167. The van der Waals surface area contributed by atoms with Gasteiger partial charge in [-0.25, -0.2) is 0 Å². The van der Waals surface area contributed by atoms with Crippen molar-refractivity contribution in [2.45, 2.75) is 65.6 Å². The molecule has 0 aromatic heterocycles. The minimum absolute atomic E-state index is 0.00323. The minimum Gasteiger partial charge on any atom is -0.259 e. The zero-order valence-electron chi connectivity index (χ0n) is 13.1. The Bertz CT molecular complexity index is 353. The van der Waals surface area contributed by atoms with Crippen molar-refractivity contribution in [2.24, 2.45) is 23.2 Å². The van der Waals surface area contributed by atoms with Gasteiger partial charge in [0.2, 0.25) is 0 Å². The number of hydrogen-bond acceptors (Lipinski definition) is 2. The molecule has 0 spiro atoms. The smallest absolute Gasteiger partial charge is 0.0668 e. The molecule has 0 aromatic rings. The molecule has 0 radical (unpaired) electrons. The summed E-state index contributed by atoms with van der Waals surface area (Å²) >= 11 is 0. The van der Waals surface area contributed by atoms with Crippen LogP contribution in [0.15, 0.2) is 0 Å². The average molecular weight is 283 g/mol. The lowest BCUT2D eigenvalue weighted by Crippen LogP contribution is -2.38. The second-order valence-corrected chi connectivity index (χ2v) is 8.91. The van der Waals surface area contributed by atoms with Crippen LogP contribution in [0.4, 0.5) is 0 Å². The maximum atomic E-state index is 12.6. The van der Waals surface area contributed by atoms with Crippen LogP contribution in [0.2, 0.25) is 0 Å². The molecular formula is C16H29NOS. The summed E-state index contributed by atoms with van der Waals surface area (Å²) in [7, 11) is -0.844. The maximum Gasteiger partial charge on any atom is 0.0668 e. The molecule has 5 unspecified atom stereocenters. The molecule has 0 amide bonds. The van der Waals surface area contributed by atoms with Crippen LogP contribution in [0.5, 0.6) is 0 Å². The van der Waals surface area contributed by atoms with E-state index in [1.165, 1.54) is 0 Å². The number of hydrogen-bond donors (Lipinski definition) is 0. The van der Waals surface area contributed by atoms with Crippen molar-refractivity contribution < 1.29 is 4.21 Å². The Kier molecular flexibility index (Phi) is 6.05. The van der Waals surface area contributed by atoms with Gasteiger partial charge in [0, 0.05) is 16.6 Å². The second kappa shape index (κ2) is 6.88. The summed E-state index contributed by atoms with van der Waals surface area (Å²) in [5.74, 6) is 1.86. The first-order chi connectivity index (χ1) is 8.79. The van der Waals surface area contributed by atoms with Gasteiger partial charge in [-0.15, -0.1) is 0 Å². The maximum absolute atomic E-state index is 12.6. The van der Waals surface area contributed by atoms with Crippen LogP contribution < -0.4 is 0 Å². The Morgan fingerprint density at radius 3 is 2.47 bits per heavy atom. The summed E-state index contributed by atoms with van der Waals surface area (Å²) in [5.41, 5.74) is 0.263. The number of nitriles is 1. The van der Waals surface area contributed by atoms with Crippen molar-refractivity contribution >= 4 is 10.8 Å². The van der Waals surface area contributed by atoms with Gasteiger partial charge in [0.1, 0.15) is 0 Å². The van der Waals surface area contributed by atoms with Gasteiger partial charge in [0.15, 0.2) is 0 Å². The van der Waals surface area contributed by atoms with Gasteiger partial charge >= 0.3 is 0 Å². The van der Waals surface area contributed by atoms with E-state index in [0.29, 0.717) is 11.8 Å². The van der Waals surface area contributed by atoms with Gasteiger partial charge in [-0.3, -0.25) is 4.21 Å². The molecule has 0 aliphatic heterocycles. The van der Waals surface area contributed by atoms with Crippen LogP contribution in [-0.2, 0) is 10.8 Å². The molecule has 110 valence electrons. The fourth-order valence-electron chi connectivity index (χ4n) is 2.88. The van der Waals surface area contributed by atoms with Crippen LogP contribution in [0.25, 0.3) is 0 Å². The normalized spacial score (nSPS) is 31.5. The first kappa shape index (κ1) is 16.7. The number of rotatable bonds is 4. The van der Waals surface area contributed by atoms with Crippen LogP contribution in [0.1, 0.15) is 60.3 Å². The molecule has 5 atom stereocenters. The van der Waals surface area contributed by atoms with E-state index in [4.69, 9.17) is 0 Å². The monoisotopic (exact) mass is 283 g/mol. The highest BCUT2D eigenvalue weighted by atomic mass is 32.2. The van der Waals surface area contributed by atoms with E-state index in [-0.39, 0.29) is 16.6 Å². The Morgan fingerprint density at radius 1 is 1.37 bits per heavy atom. The Morgan fingerprint density at radius 2 is 2.00 bits per heavy atom. The SMILES string of the molecule is CCC(C)CS(=O)C1CC(C(C)(C)C)CCC1C#N. The highest BCUT2D eigenvalue weighted by Crippen LogP contribution is 2.41. The van der Waals surface area contributed by atoms with Crippen molar-refractivity contribution in [3.8, 4) is 6.07 Å². The lowest BCUT2D eigenvalue weighted by Gasteiger charge is -2.39. The molecule has 0 N–H and O–H groups in total. The third-order valence-corrected chi connectivity index (χ3v) is 6.76. The zero-order chi connectivity index (χ0) is 14.6.